The van der Waals surface area contributed by atoms with Gasteiger partial charge in [-0.15, -0.1) is 0 Å². The van der Waals surface area contributed by atoms with E-state index >= 15 is 0 Å². The molecule has 0 N–H and O–H groups in total. The fraction of sp³-hybridized carbons (Fsp3) is 0.400. The third kappa shape index (κ3) is 3.39. The van der Waals surface area contributed by atoms with E-state index < -0.39 is 5.97 Å². The zero-order chi connectivity index (χ0) is 14.5. The maximum Gasteiger partial charge on any atom is 0.341 e. The highest BCUT2D eigenvalue weighted by molar-refractivity contribution is 5.88. The molecule has 0 amide bonds. The molecule has 0 aromatic carbocycles. The molecule has 3 rings (SSSR count). The molecule has 1 aliphatic heterocycles. The Morgan fingerprint density at radius 1 is 1.29 bits per heavy atom. The van der Waals surface area contributed by atoms with Crippen LogP contribution < -0.4 is 4.90 Å². The molecule has 0 saturated carbocycles. The molecule has 2 aromatic heterocycles. The molecule has 1 fully saturated rings. The van der Waals surface area contributed by atoms with E-state index in [0.29, 0.717) is 12.0 Å². The van der Waals surface area contributed by atoms with Gasteiger partial charge in [0.15, 0.2) is 0 Å². The highest BCUT2D eigenvalue weighted by atomic mass is 16.5. The Labute approximate surface area is 122 Å². The minimum atomic E-state index is -0.415. The van der Waals surface area contributed by atoms with Crippen molar-refractivity contribution >= 4 is 11.7 Å². The summed E-state index contributed by atoms with van der Waals surface area (Å²) < 4.78 is 10.7. The smallest absolute Gasteiger partial charge is 0.341 e. The van der Waals surface area contributed by atoms with Crippen molar-refractivity contribution in [2.75, 3.05) is 24.6 Å². The van der Waals surface area contributed by atoms with E-state index in [2.05, 4.69) is 14.9 Å². The van der Waals surface area contributed by atoms with Gasteiger partial charge in [-0.2, -0.15) is 0 Å². The molecule has 3 heterocycles. The van der Waals surface area contributed by atoms with Gasteiger partial charge in [0, 0.05) is 38.0 Å². The first kappa shape index (κ1) is 13.6. The average Bonchev–Trinajstić information content (AvgIpc) is 3.19. The van der Waals surface area contributed by atoms with Crippen molar-refractivity contribution in [3.63, 3.8) is 0 Å². The zero-order valence-corrected chi connectivity index (χ0v) is 11.7. The molecule has 1 aliphatic rings. The number of ether oxygens (including phenoxy) is 1. The van der Waals surface area contributed by atoms with Crippen LogP contribution in [0.3, 0.4) is 0 Å². The Hall–Kier alpha value is -2.37. The normalized spacial score (nSPS) is 14.4. The van der Waals surface area contributed by atoms with Gasteiger partial charge in [0.2, 0.25) is 0 Å². The van der Waals surface area contributed by atoms with Gasteiger partial charge in [0.25, 0.3) is 0 Å². The van der Waals surface area contributed by atoms with Crippen LogP contribution in [0.15, 0.2) is 35.5 Å². The summed E-state index contributed by atoms with van der Waals surface area (Å²) in [4.78, 5) is 21.6. The molecule has 1 saturated heterocycles. The predicted molar refractivity (Wildman–Crippen MR) is 76.2 cm³/mol. The molecule has 110 valence electrons. The van der Waals surface area contributed by atoms with Crippen LogP contribution in [0.2, 0.25) is 0 Å². The molecule has 6 heteroatoms. The summed E-state index contributed by atoms with van der Waals surface area (Å²) in [7, 11) is 0. The molecule has 0 spiro atoms. The number of esters is 1. The summed E-state index contributed by atoms with van der Waals surface area (Å²) in [5.74, 6) is 0.413. The number of aromatic nitrogens is 2. The Balaban J connectivity index is 1.48. The van der Waals surface area contributed by atoms with Crippen LogP contribution in [0, 0.1) is 0 Å². The van der Waals surface area contributed by atoms with E-state index in [1.165, 1.54) is 31.6 Å². The third-order valence-corrected chi connectivity index (χ3v) is 3.49. The van der Waals surface area contributed by atoms with Gasteiger partial charge >= 0.3 is 5.97 Å². The Bertz CT molecular complexity index is 591. The second-order valence-corrected chi connectivity index (χ2v) is 4.98. The molecule has 21 heavy (non-hydrogen) atoms. The van der Waals surface area contributed by atoms with E-state index in [1.807, 2.05) is 6.07 Å². The van der Waals surface area contributed by atoms with Crippen molar-refractivity contribution in [1.82, 2.24) is 9.97 Å². The maximum atomic E-state index is 11.7. The molecule has 0 atom stereocenters. The van der Waals surface area contributed by atoms with Crippen LogP contribution >= 0.6 is 0 Å². The third-order valence-electron chi connectivity index (χ3n) is 3.49. The lowest BCUT2D eigenvalue weighted by Gasteiger charge is -2.13. The molecule has 0 radical (unpaired) electrons. The summed E-state index contributed by atoms with van der Waals surface area (Å²) in [5.41, 5.74) is 1.47. The second kappa shape index (κ2) is 6.39. The zero-order valence-electron chi connectivity index (χ0n) is 11.7. The summed E-state index contributed by atoms with van der Waals surface area (Å²) >= 11 is 0. The molecule has 2 aromatic rings. The number of hydrogen-bond donors (Lipinski definition) is 0. The van der Waals surface area contributed by atoms with E-state index in [4.69, 9.17) is 9.15 Å². The van der Waals surface area contributed by atoms with Gasteiger partial charge < -0.3 is 14.1 Å². The number of hydrogen-bond acceptors (Lipinski definition) is 6. The number of anilines is 1. The summed E-state index contributed by atoms with van der Waals surface area (Å²) in [6, 6.07) is 2.02. The number of rotatable bonds is 5. The molecule has 6 nitrogen and oxygen atoms in total. The molecule has 0 aliphatic carbocycles. The van der Waals surface area contributed by atoms with Gasteiger partial charge in [-0.25, -0.2) is 14.8 Å². The first-order valence-corrected chi connectivity index (χ1v) is 7.07. The van der Waals surface area contributed by atoms with Crippen LogP contribution in [0.5, 0.6) is 0 Å². The number of carbonyl (C=O) groups is 1. The largest absolute Gasteiger partial charge is 0.467 e. The van der Waals surface area contributed by atoms with E-state index in [1.54, 1.807) is 6.26 Å². The number of furan rings is 1. The van der Waals surface area contributed by atoms with Crippen molar-refractivity contribution in [1.29, 1.82) is 0 Å². The first-order chi connectivity index (χ1) is 10.3. The Morgan fingerprint density at radius 2 is 2.05 bits per heavy atom. The van der Waals surface area contributed by atoms with Gasteiger partial charge in [0.05, 0.1) is 17.9 Å². The fourth-order valence-corrected chi connectivity index (χ4v) is 2.37. The second-order valence-electron chi connectivity index (χ2n) is 4.98. The van der Waals surface area contributed by atoms with Gasteiger partial charge in [-0.1, -0.05) is 0 Å². The van der Waals surface area contributed by atoms with Crippen molar-refractivity contribution in [2.45, 2.75) is 19.3 Å². The lowest BCUT2D eigenvalue weighted by atomic mass is 10.3. The van der Waals surface area contributed by atoms with E-state index in [9.17, 15) is 4.79 Å². The minimum Gasteiger partial charge on any atom is -0.467 e. The predicted octanol–water partition coefficient (Wildman–Crippen LogP) is 2.07. The summed E-state index contributed by atoms with van der Waals surface area (Å²) in [6.45, 7) is 2.45. The van der Waals surface area contributed by atoms with Gasteiger partial charge in [0.1, 0.15) is 18.4 Å². The molecule has 0 unspecified atom stereocenters. The highest BCUT2D eigenvalue weighted by Gasteiger charge is 2.15. The molecular weight excluding hydrogens is 270 g/mol. The van der Waals surface area contributed by atoms with Crippen LogP contribution in [-0.4, -0.2) is 35.6 Å². The van der Waals surface area contributed by atoms with Gasteiger partial charge in [-0.3, -0.25) is 0 Å². The van der Waals surface area contributed by atoms with Crippen molar-refractivity contribution in [2.24, 2.45) is 0 Å². The standard InChI is InChI=1S/C15H17N3O3/c19-15(12-8-16-11-17-9-12)20-6-3-14-7-13(10-21-14)18-4-1-2-5-18/h7-11H,1-6H2. The van der Waals surface area contributed by atoms with Crippen molar-refractivity contribution < 1.29 is 13.9 Å². The van der Waals surface area contributed by atoms with Gasteiger partial charge in [-0.05, 0) is 12.8 Å². The minimum absolute atomic E-state index is 0.278. The van der Waals surface area contributed by atoms with Crippen LogP contribution in [0.25, 0.3) is 0 Å². The Morgan fingerprint density at radius 3 is 2.81 bits per heavy atom. The SMILES string of the molecule is O=C(OCCc1cc(N2CCCC2)co1)c1cncnc1. The fourth-order valence-electron chi connectivity index (χ4n) is 2.37. The summed E-state index contributed by atoms with van der Waals surface area (Å²) in [5, 5.41) is 0. The maximum absolute atomic E-state index is 11.7. The van der Waals surface area contributed by atoms with Crippen molar-refractivity contribution in [3.8, 4) is 0 Å². The molecular formula is C15H17N3O3. The Kier molecular flexibility index (Phi) is 4.14. The van der Waals surface area contributed by atoms with Crippen LogP contribution in [0.4, 0.5) is 5.69 Å². The molecule has 0 bridgehead atoms. The topological polar surface area (TPSA) is 68.5 Å². The monoisotopic (exact) mass is 287 g/mol. The van der Waals surface area contributed by atoms with Crippen LogP contribution in [0.1, 0.15) is 29.0 Å². The highest BCUT2D eigenvalue weighted by Crippen LogP contribution is 2.23. The number of nitrogens with zero attached hydrogens (tertiary/aromatic N) is 3. The summed E-state index contributed by atoms with van der Waals surface area (Å²) in [6.07, 6.45) is 9.05. The lowest BCUT2D eigenvalue weighted by Crippen LogP contribution is -2.16. The van der Waals surface area contributed by atoms with Crippen LogP contribution in [-0.2, 0) is 11.2 Å². The first-order valence-electron chi connectivity index (χ1n) is 7.07. The van der Waals surface area contributed by atoms with E-state index in [-0.39, 0.29) is 6.61 Å². The lowest BCUT2D eigenvalue weighted by molar-refractivity contribution is 0.0503. The number of carbonyl (C=O) groups excluding carboxylic acids is 1. The average molecular weight is 287 g/mol. The van der Waals surface area contributed by atoms with E-state index in [0.717, 1.165) is 24.5 Å². The van der Waals surface area contributed by atoms with Crippen molar-refractivity contribution in [3.05, 3.63) is 42.4 Å². The quantitative estimate of drug-likeness (QED) is 0.784.